The third kappa shape index (κ3) is 4.35. The number of hydrogen-bond donors (Lipinski definition) is 0. The van der Waals surface area contributed by atoms with Gasteiger partial charge in [-0.05, 0) is 75.5 Å². The maximum absolute atomic E-state index is 5.92. The van der Waals surface area contributed by atoms with Crippen molar-refractivity contribution in [1.82, 2.24) is 14.5 Å². The van der Waals surface area contributed by atoms with Gasteiger partial charge < -0.3 is 14.2 Å². The predicted molar refractivity (Wildman–Crippen MR) is 127 cm³/mol. The van der Waals surface area contributed by atoms with Gasteiger partial charge in [-0.25, -0.2) is 4.98 Å². The Labute approximate surface area is 185 Å². The third-order valence-corrected chi connectivity index (χ3v) is 6.96. The highest BCUT2D eigenvalue weighted by atomic mass is 16.5. The number of anilines is 1. The minimum atomic E-state index is 0.290. The number of para-hydroxylation sites is 2. The van der Waals surface area contributed by atoms with Gasteiger partial charge in [-0.15, -0.1) is 0 Å². The highest BCUT2D eigenvalue weighted by Crippen LogP contribution is 2.32. The lowest BCUT2D eigenvalue weighted by Crippen LogP contribution is -2.45. The van der Waals surface area contributed by atoms with E-state index < -0.39 is 0 Å². The fourth-order valence-electron chi connectivity index (χ4n) is 5.33. The molecule has 2 aliphatic heterocycles. The molecule has 0 radical (unpaired) electrons. The fraction of sp³-hybridized carbons (Fsp3) is 0.500. The van der Waals surface area contributed by atoms with Crippen LogP contribution in [-0.4, -0.2) is 52.8 Å². The van der Waals surface area contributed by atoms with E-state index in [-0.39, 0.29) is 0 Å². The second-order valence-electron chi connectivity index (χ2n) is 9.38. The molecular formula is C26H34N4O. The Kier molecular flexibility index (Phi) is 5.72. The van der Waals surface area contributed by atoms with E-state index in [0.29, 0.717) is 18.1 Å². The Morgan fingerprint density at radius 1 is 0.968 bits per heavy atom. The van der Waals surface area contributed by atoms with Crippen molar-refractivity contribution in [2.75, 3.05) is 31.1 Å². The molecule has 5 heteroatoms. The Morgan fingerprint density at radius 3 is 2.45 bits per heavy atom. The molecule has 0 bridgehead atoms. The number of rotatable bonds is 4. The van der Waals surface area contributed by atoms with E-state index >= 15 is 0 Å². The zero-order valence-electron chi connectivity index (χ0n) is 19.0. The third-order valence-electron chi connectivity index (χ3n) is 6.96. The lowest BCUT2D eigenvalue weighted by atomic mass is 9.89. The molecule has 0 unspecified atom stereocenters. The van der Waals surface area contributed by atoms with Crippen LogP contribution in [0, 0.1) is 0 Å². The molecule has 2 aromatic carbocycles. The van der Waals surface area contributed by atoms with Crippen molar-refractivity contribution in [2.45, 2.75) is 51.4 Å². The molecule has 0 N–H and O–H groups in total. The number of ether oxygens (including phenoxy) is 1. The highest BCUT2D eigenvalue weighted by molar-refractivity contribution is 5.75. The van der Waals surface area contributed by atoms with E-state index in [1.807, 2.05) is 0 Å². The number of benzene rings is 2. The van der Waals surface area contributed by atoms with Crippen molar-refractivity contribution in [3.05, 3.63) is 59.9 Å². The highest BCUT2D eigenvalue weighted by Gasteiger charge is 2.25. The van der Waals surface area contributed by atoms with Gasteiger partial charge in [0.15, 0.2) is 0 Å². The lowest BCUT2D eigenvalue weighted by molar-refractivity contribution is -0.00522. The van der Waals surface area contributed by atoms with E-state index in [9.17, 15) is 0 Å². The van der Waals surface area contributed by atoms with E-state index in [4.69, 9.17) is 9.72 Å². The van der Waals surface area contributed by atoms with Gasteiger partial charge in [0, 0.05) is 25.8 Å². The minimum absolute atomic E-state index is 0.290. The Balaban J connectivity index is 1.23. The van der Waals surface area contributed by atoms with E-state index in [0.717, 1.165) is 44.1 Å². The summed E-state index contributed by atoms with van der Waals surface area (Å²) in [5.74, 6) is 1.81. The molecule has 3 aromatic rings. The van der Waals surface area contributed by atoms with Gasteiger partial charge in [0.2, 0.25) is 0 Å². The van der Waals surface area contributed by atoms with Crippen LogP contribution in [0.1, 0.15) is 44.0 Å². The maximum Gasteiger partial charge on any atom is 0.123 e. The molecule has 5 nitrogen and oxygen atoms in total. The summed E-state index contributed by atoms with van der Waals surface area (Å²) in [5.41, 5.74) is 5.16. The van der Waals surface area contributed by atoms with Gasteiger partial charge in [-0.2, -0.15) is 0 Å². The molecule has 2 saturated heterocycles. The van der Waals surface area contributed by atoms with Crippen molar-refractivity contribution < 1.29 is 4.74 Å². The molecule has 164 valence electrons. The first-order chi connectivity index (χ1) is 15.1. The number of imidazole rings is 1. The molecule has 3 heterocycles. The van der Waals surface area contributed by atoms with Crippen LogP contribution < -0.4 is 4.90 Å². The number of nitrogens with zero attached hydrogens (tertiary/aromatic N) is 4. The summed E-state index contributed by atoms with van der Waals surface area (Å²) < 4.78 is 8.16. The van der Waals surface area contributed by atoms with Gasteiger partial charge in [-0.1, -0.05) is 24.3 Å². The maximum atomic E-state index is 5.92. The van der Waals surface area contributed by atoms with Crippen LogP contribution in [0.2, 0.25) is 0 Å². The average molecular weight is 419 g/mol. The van der Waals surface area contributed by atoms with Crippen molar-refractivity contribution in [1.29, 1.82) is 0 Å². The van der Waals surface area contributed by atoms with Crippen molar-refractivity contribution >= 4 is 16.7 Å². The summed E-state index contributed by atoms with van der Waals surface area (Å²) in [6, 6.07) is 17.7. The van der Waals surface area contributed by atoms with Gasteiger partial charge in [0.25, 0.3) is 0 Å². The molecule has 5 rings (SSSR count). The molecule has 31 heavy (non-hydrogen) atoms. The monoisotopic (exact) mass is 418 g/mol. The molecule has 1 aromatic heterocycles. The van der Waals surface area contributed by atoms with Crippen molar-refractivity contribution in [3.63, 3.8) is 0 Å². The standard InChI is InChI=1S/C26H34N4O/c1-19-16-30(17-20(2)31-19)23-8-6-7-22(15-23)21-11-13-29(14-12-21)18-26-27-24-9-4-5-10-25(24)28(26)3/h4-10,15,19-21H,11-14,16-18H2,1-3H3/t19-,20+. The van der Waals surface area contributed by atoms with Crippen LogP contribution in [0.3, 0.4) is 0 Å². The first kappa shape index (κ1) is 20.5. The summed E-state index contributed by atoms with van der Waals surface area (Å²) in [5, 5.41) is 0. The van der Waals surface area contributed by atoms with Crippen LogP contribution >= 0.6 is 0 Å². The number of aryl methyl sites for hydroxylation is 1. The second kappa shape index (κ2) is 8.64. The first-order valence-corrected chi connectivity index (χ1v) is 11.7. The molecule has 0 amide bonds. The predicted octanol–water partition coefficient (Wildman–Crippen LogP) is 4.57. The summed E-state index contributed by atoms with van der Waals surface area (Å²) in [4.78, 5) is 9.92. The SMILES string of the molecule is C[C@@H]1CN(c2cccc(C3CCN(Cc4nc5ccccc5n4C)CC3)c2)C[C@H](C)O1. The number of piperidine rings is 1. The molecule has 2 aliphatic rings. The van der Waals surface area contributed by atoms with E-state index in [1.165, 1.54) is 29.6 Å². The van der Waals surface area contributed by atoms with Gasteiger partial charge >= 0.3 is 0 Å². The normalized spacial score (nSPS) is 23.5. The van der Waals surface area contributed by atoms with E-state index in [2.05, 4.69) is 83.8 Å². The zero-order chi connectivity index (χ0) is 21.4. The minimum Gasteiger partial charge on any atom is -0.372 e. The van der Waals surface area contributed by atoms with Gasteiger partial charge in [0.1, 0.15) is 5.82 Å². The first-order valence-electron chi connectivity index (χ1n) is 11.7. The van der Waals surface area contributed by atoms with Crippen LogP contribution in [0.25, 0.3) is 11.0 Å². The van der Waals surface area contributed by atoms with Crippen LogP contribution in [0.15, 0.2) is 48.5 Å². The molecule has 0 spiro atoms. The second-order valence-corrected chi connectivity index (χ2v) is 9.38. The summed E-state index contributed by atoms with van der Waals surface area (Å²) in [6.45, 7) is 9.49. The van der Waals surface area contributed by atoms with Crippen molar-refractivity contribution in [2.24, 2.45) is 7.05 Å². The lowest BCUT2D eigenvalue weighted by Gasteiger charge is -2.37. The average Bonchev–Trinajstić information content (AvgIpc) is 3.09. The number of fused-ring (bicyclic) bond motifs is 1. The Morgan fingerprint density at radius 2 is 1.71 bits per heavy atom. The van der Waals surface area contributed by atoms with Crippen molar-refractivity contribution in [3.8, 4) is 0 Å². The Bertz CT molecular complexity index is 1030. The zero-order valence-corrected chi connectivity index (χ0v) is 19.0. The summed E-state index contributed by atoms with van der Waals surface area (Å²) in [7, 11) is 2.14. The summed E-state index contributed by atoms with van der Waals surface area (Å²) in [6.07, 6.45) is 3.00. The number of morpholine rings is 1. The molecule has 0 saturated carbocycles. The smallest absolute Gasteiger partial charge is 0.123 e. The number of likely N-dealkylation sites (tertiary alicyclic amines) is 1. The topological polar surface area (TPSA) is 33.5 Å². The van der Waals surface area contributed by atoms with Crippen LogP contribution in [0.4, 0.5) is 5.69 Å². The molecule has 2 fully saturated rings. The number of hydrogen-bond acceptors (Lipinski definition) is 4. The van der Waals surface area contributed by atoms with Gasteiger partial charge in [-0.3, -0.25) is 4.90 Å². The molecular weight excluding hydrogens is 384 g/mol. The molecule has 2 atom stereocenters. The summed E-state index contributed by atoms with van der Waals surface area (Å²) >= 11 is 0. The van der Waals surface area contributed by atoms with Crippen LogP contribution in [-0.2, 0) is 18.3 Å². The quantitative estimate of drug-likeness (QED) is 0.622. The fourth-order valence-corrected chi connectivity index (χ4v) is 5.33. The van der Waals surface area contributed by atoms with Crippen LogP contribution in [0.5, 0.6) is 0 Å². The Hall–Kier alpha value is -2.37. The molecule has 0 aliphatic carbocycles. The largest absolute Gasteiger partial charge is 0.372 e. The van der Waals surface area contributed by atoms with Gasteiger partial charge in [0.05, 0.1) is 29.8 Å². The number of aromatic nitrogens is 2. The van der Waals surface area contributed by atoms with E-state index in [1.54, 1.807) is 0 Å².